The van der Waals surface area contributed by atoms with Gasteiger partial charge in [-0.15, -0.1) is 0 Å². The molecule has 1 aromatic carbocycles. The maximum absolute atomic E-state index is 2.31. The van der Waals surface area contributed by atoms with Gasteiger partial charge in [0.2, 0.25) is 0 Å². The van der Waals surface area contributed by atoms with Gasteiger partial charge in [0.1, 0.15) is 0 Å². The van der Waals surface area contributed by atoms with Crippen LogP contribution < -0.4 is 5.19 Å². The van der Waals surface area contributed by atoms with Crippen molar-refractivity contribution >= 4 is 14.0 Å². The summed E-state index contributed by atoms with van der Waals surface area (Å²) in [6.07, 6.45) is 0. The largest absolute Gasteiger partial charge is 0.213 e. The van der Waals surface area contributed by atoms with Crippen LogP contribution in [0.1, 0.15) is 0 Å². The summed E-state index contributed by atoms with van der Waals surface area (Å²) in [5, 5.41) is 1.54. The third kappa shape index (κ3) is 1.04. The molecule has 43 valence electrons. The normalized spacial score (nSPS) is 10.4. The monoisotopic (exact) mass is 122 g/mol. The minimum Gasteiger partial charge on any atom is -0.213 e. The molecule has 0 saturated heterocycles. The van der Waals surface area contributed by atoms with Crippen LogP contribution in [0.2, 0.25) is 13.1 Å². The van der Waals surface area contributed by atoms with E-state index >= 15 is 0 Å². The van der Waals surface area contributed by atoms with Crippen LogP contribution in [0.3, 0.4) is 0 Å². The summed E-state index contributed by atoms with van der Waals surface area (Å²) >= 11 is 0. The van der Waals surface area contributed by atoms with Crippen molar-refractivity contribution < 1.29 is 0 Å². The molecule has 0 N–H and O–H groups in total. The molecule has 0 atom stereocenters. The molecule has 0 bridgehead atoms. The van der Waals surface area contributed by atoms with Gasteiger partial charge in [-0.25, -0.2) is 11.3 Å². The highest BCUT2D eigenvalue weighted by Gasteiger charge is 1.87. The van der Waals surface area contributed by atoms with E-state index in [-0.39, 0.29) is 8.80 Å². The zero-order valence-electron chi connectivity index (χ0n) is 5.31. The summed E-state index contributed by atoms with van der Waals surface area (Å²) in [6, 6.07) is 8.61. The zero-order valence-corrected chi connectivity index (χ0v) is 6.31. The van der Waals surface area contributed by atoms with E-state index in [1.54, 1.807) is 0 Å². The van der Waals surface area contributed by atoms with Gasteiger partial charge in [-0.1, -0.05) is 13.1 Å². The summed E-state index contributed by atoms with van der Waals surface area (Å²) in [4.78, 5) is 0. The van der Waals surface area contributed by atoms with Crippen molar-refractivity contribution in [3.63, 3.8) is 0 Å². The van der Waals surface area contributed by atoms with Crippen LogP contribution in [-0.2, 0) is 0 Å². The van der Waals surface area contributed by atoms with Gasteiger partial charge < -0.3 is 0 Å². The summed E-state index contributed by atoms with van der Waals surface area (Å²) in [5.41, 5.74) is 0. The first-order chi connectivity index (χ1) is 3.80. The second-order valence-corrected chi connectivity index (χ2v) is 4.75. The minimum absolute atomic E-state index is 0.169. The van der Waals surface area contributed by atoms with E-state index in [0.717, 1.165) is 0 Å². The molecule has 0 nitrogen and oxygen atoms in total. The van der Waals surface area contributed by atoms with Gasteiger partial charge in [-0.2, -0.15) is 18.2 Å². The van der Waals surface area contributed by atoms with Gasteiger partial charge >= 0.3 is 0 Å². The van der Waals surface area contributed by atoms with Crippen molar-refractivity contribution in [1.29, 1.82) is 0 Å². The molecule has 0 aliphatic rings. The molecule has 0 spiro atoms. The lowest BCUT2D eigenvalue weighted by molar-refractivity contribution is 1.95. The predicted molar refractivity (Wildman–Crippen MR) is 39.2 cm³/mol. The Morgan fingerprint density at radius 1 is 1.50 bits per heavy atom. The van der Waals surface area contributed by atoms with Crippen molar-refractivity contribution in [3.05, 3.63) is 24.3 Å². The SMILES string of the molecule is C[Si](C)c1cc[cH-]c1. The molecule has 0 amide bonds. The Morgan fingerprint density at radius 2 is 2.25 bits per heavy atom. The van der Waals surface area contributed by atoms with E-state index in [0.29, 0.717) is 0 Å². The van der Waals surface area contributed by atoms with Crippen molar-refractivity contribution in [3.8, 4) is 0 Å². The summed E-state index contributed by atoms with van der Waals surface area (Å²) in [6.45, 7) is 4.61. The van der Waals surface area contributed by atoms with Crippen molar-refractivity contribution in [2.45, 2.75) is 13.1 Å². The first-order valence-electron chi connectivity index (χ1n) is 2.83. The minimum atomic E-state index is -0.169. The van der Waals surface area contributed by atoms with Crippen LogP contribution in [0.15, 0.2) is 24.3 Å². The van der Waals surface area contributed by atoms with Crippen molar-refractivity contribution in [2.75, 3.05) is 0 Å². The molecule has 1 rings (SSSR count). The molecule has 0 fully saturated rings. The lowest BCUT2D eigenvalue weighted by Gasteiger charge is -2.03. The summed E-state index contributed by atoms with van der Waals surface area (Å²) in [5.74, 6) is 0. The van der Waals surface area contributed by atoms with Crippen LogP contribution >= 0.6 is 0 Å². The molecule has 0 heterocycles. The highest BCUT2D eigenvalue weighted by molar-refractivity contribution is 6.70. The van der Waals surface area contributed by atoms with Crippen LogP contribution in [0.5, 0.6) is 0 Å². The molecule has 0 aliphatic heterocycles. The standard InChI is InChI=1S/C7H10Si/c1-8(2)7-5-3-4-6-7/h3-6H,1-2H3/q-1. The van der Waals surface area contributed by atoms with E-state index in [9.17, 15) is 0 Å². The number of hydrogen-bond acceptors (Lipinski definition) is 0. The Labute approximate surface area is 52.1 Å². The summed E-state index contributed by atoms with van der Waals surface area (Å²) in [7, 11) is -0.169. The van der Waals surface area contributed by atoms with Crippen LogP contribution in [-0.4, -0.2) is 8.80 Å². The fourth-order valence-corrected chi connectivity index (χ4v) is 1.57. The number of rotatable bonds is 1. The van der Waals surface area contributed by atoms with Crippen LogP contribution in [0.4, 0.5) is 0 Å². The zero-order chi connectivity index (χ0) is 5.98. The Hall–Kier alpha value is -0.433. The first kappa shape index (κ1) is 5.70. The van der Waals surface area contributed by atoms with Gasteiger partial charge in [-0.05, 0) is 8.80 Å². The molecule has 0 aromatic heterocycles. The maximum atomic E-state index is 2.31. The predicted octanol–water partition coefficient (Wildman–Crippen LogP) is 1.37. The molecular weight excluding hydrogens is 112 g/mol. The maximum Gasteiger partial charge on any atom is -0.00614 e. The van der Waals surface area contributed by atoms with Gasteiger partial charge in [0.15, 0.2) is 0 Å². The lowest BCUT2D eigenvalue weighted by Crippen LogP contribution is -2.19. The molecule has 1 radical (unpaired) electrons. The Bertz CT molecular complexity index is 139. The molecule has 1 heteroatoms. The quantitative estimate of drug-likeness (QED) is 0.390. The van der Waals surface area contributed by atoms with Crippen molar-refractivity contribution in [2.24, 2.45) is 0 Å². The second-order valence-electron chi connectivity index (χ2n) is 2.17. The Morgan fingerprint density at radius 3 is 2.50 bits per heavy atom. The van der Waals surface area contributed by atoms with E-state index in [4.69, 9.17) is 0 Å². The fraction of sp³-hybridized carbons (Fsp3) is 0.286. The lowest BCUT2D eigenvalue weighted by atomic mass is 10.7. The Kier molecular flexibility index (Phi) is 1.58. The smallest absolute Gasteiger partial charge is 0.00614 e. The molecule has 0 saturated carbocycles. The van der Waals surface area contributed by atoms with Crippen LogP contribution in [0, 0.1) is 0 Å². The van der Waals surface area contributed by atoms with Gasteiger partial charge in [0.05, 0.1) is 0 Å². The average molecular weight is 122 g/mol. The average Bonchev–Trinajstić information content (AvgIpc) is 2.12. The van der Waals surface area contributed by atoms with Gasteiger partial charge in [0.25, 0.3) is 0 Å². The highest BCUT2D eigenvalue weighted by atomic mass is 28.3. The van der Waals surface area contributed by atoms with Crippen LogP contribution in [0.25, 0.3) is 0 Å². The fourth-order valence-electron chi connectivity index (χ4n) is 0.707. The van der Waals surface area contributed by atoms with E-state index in [2.05, 4.69) is 37.4 Å². The van der Waals surface area contributed by atoms with E-state index in [1.165, 1.54) is 5.19 Å². The Balaban J connectivity index is 2.77. The third-order valence-corrected chi connectivity index (χ3v) is 2.73. The molecule has 0 aliphatic carbocycles. The van der Waals surface area contributed by atoms with E-state index < -0.39 is 0 Å². The third-order valence-electron chi connectivity index (χ3n) is 1.24. The van der Waals surface area contributed by atoms with E-state index in [1.807, 2.05) is 0 Å². The highest BCUT2D eigenvalue weighted by Crippen LogP contribution is 1.86. The number of hydrogen-bond donors (Lipinski definition) is 0. The van der Waals surface area contributed by atoms with Gasteiger partial charge in [0, 0.05) is 0 Å². The van der Waals surface area contributed by atoms with Crippen molar-refractivity contribution in [1.82, 2.24) is 0 Å². The first-order valence-corrected chi connectivity index (χ1v) is 5.33. The summed E-state index contributed by atoms with van der Waals surface area (Å²) < 4.78 is 0. The molecule has 0 unspecified atom stereocenters. The second kappa shape index (κ2) is 2.22. The van der Waals surface area contributed by atoms with Gasteiger partial charge in [-0.3, -0.25) is 0 Å². The molecule has 1 aromatic rings. The topological polar surface area (TPSA) is 0 Å². The molecular formula is C7H10Si-. The molecule has 8 heavy (non-hydrogen) atoms.